The van der Waals surface area contributed by atoms with Gasteiger partial charge in [-0.3, -0.25) is 0 Å². The Balaban J connectivity index is 3.13. The highest BCUT2D eigenvalue weighted by Crippen LogP contribution is 2.17. The van der Waals surface area contributed by atoms with Gasteiger partial charge in [0.1, 0.15) is 5.82 Å². The van der Waals surface area contributed by atoms with E-state index in [-0.39, 0.29) is 5.69 Å². The summed E-state index contributed by atoms with van der Waals surface area (Å²) in [6.07, 6.45) is 4.14. The van der Waals surface area contributed by atoms with Crippen molar-refractivity contribution in [1.29, 1.82) is 0 Å². The van der Waals surface area contributed by atoms with Crippen molar-refractivity contribution in [3.63, 3.8) is 0 Å². The Bertz CT molecular complexity index is 620. The molecule has 0 atom stereocenters. The van der Waals surface area contributed by atoms with Crippen LogP contribution in [-0.4, -0.2) is 0 Å². The van der Waals surface area contributed by atoms with E-state index in [0.29, 0.717) is 11.3 Å². The van der Waals surface area contributed by atoms with Crippen molar-refractivity contribution in [3.05, 3.63) is 65.5 Å². The molecule has 0 aliphatic heterocycles. The van der Waals surface area contributed by atoms with Gasteiger partial charge in [0.05, 0.1) is 11.3 Å². The van der Waals surface area contributed by atoms with E-state index in [4.69, 9.17) is 17.2 Å². The number of allylic oxidation sites excluding steroid dienone is 3. The molecule has 0 radical (unpaired) electrons. The van der Waals surface area contributed by atoms with Gasteiger partial charge in [-0.05, 0) is 24.3 Å². The van der Waals surface area contributed by atoms with E-state index in [0.717, 1.165) is 12.1 Å². The second-order valence-corrected chi connectivity index (χ2v) is 3.61. The minimum atomic E-state index is -0.893. The summed E-state index contributed by atoms with van der Waals surface area (Å²) in [5.74, 6) is 3.18. The van der Waals surface area contributed by atoms with Crippen LogP contribution in [0.4, 0.5) is 14.5 Å². The molecule has 0 spiro atoms. The summed E-state index contributed by atoms with van der Waals surface area (Å²) in [4.78, 5) is 0. The lowest BCUT2D eigenvalue weighted by atomic mass is 10.1. The fourth-order valence-corrected chi connectivity index (χ4v) is 1.15. The van der Waals surface area contributed by atoms with Crippen molar-refractivity contribution in [2.45, 2.75) is 0 Å². The molecular formula is C14H13F2N3. The summed E-state index contributed by atoms with van der Waals surface area (Å²) >= 11 is 0. The molecule has 1 aromatic carbocycles. The third kappa shape index (κ3) is 3.89. The standard InChI is InChI=1S/C14H13F2N3/c1-9(18)2-3-10(8-17)4-5-11-12(15)6-7-13(19)14(11)16/h2-3,6-8H,1,17-19H2/b3-2-,10-8+. The molecule has 5 heteroatoms. The zero-order chi connectivity index (χ0) is 14.4. The van der Waals surface area contributed by atoms with Crippen LogP contribution >= 0.6 is 0 Å². The first-order valence-corrected chi connectivity index (χ1v) is 5.25. The molecule has 0 heterocycles. The number of benzene rings is 1. The number of nitrogens with two attached hydrogens (primary N) is 3. The first kappa shape index (κ1) is 14.3. The summed E-state index contributed by atoms with van der Waals surface area (Å²) in [6.45, 7) is 3.46. The predicted octanol–water partition coefficient (Wildman–Crippen LogP) is 1.77. The summed E-state index contributed by atoms with van der Waals surface area (Å²) in [5.41, 5.74) is 16.1. The zero-order valence-corrected chi connectivity index (χ0v) is 10.1. The van der Waals surface area contributed by atoms with Crippen molar-refractivity contribution in [1.82, 2.24) is 0 Å². The third-order valence-corrected chi connectivity index (χ3v) is 2.11. The van der Waals surface area contributed by atoms with Crippen LogP contribution < -0.4 is 17.2 Å². The number of hydrogen-bond acceptors (Lipinski definition) is 3. The Morgan fingerprint density at radius 3 is 2.53 bits per heavy atom. The number of rotatable bonds is 2. The summed E-state index contributed by atoms with van der Waals surface area (Å²) in [7, 11) is 0. The third-order valence-electron chi connectivity index (χ3n) is 2.11. The van der Waals surface area contributed by atoms with Gasteiger partial charge in [-0.2, -0.15) is 0 Å². The van der Waals surface area contributed by atoms with Gasteiger partial charge in [-0.1, -0.05) is 18.4 Å². The molecule has 0 bridgehead atoms. The molecule has 0 aliphatic carbocycles. The van der Waals surface area contributed by atoms with E-state index in [9.17, 15) is 8.78 Å². The first-order valence-electron chi connectivity index (χ1n) is 5.25. The van der Waals surface area contributed by atoms with E-state index in [1.165, 1.54) is 18.4 Å². The van der Waals surface area contributed by atoms with Crippen molar-refractivity contribution in [2.24, 2.45) is 11.5 Å². The lowest BCUT2D eigenvalue weighted by Crippen LogP contribution is -1.97. The van der Waals surface area contributed by atoms with Gasteiger partial charge in [0, 0.05) is 17.5 Å². The maximum atomic E-state index is 13.6. The summed E-state index contributed by atoms with van der Waals surface area (Å²) in [5, 5.41) is 0. The van der Waals surface area contributed by atoms with Crippen molar-refractivity contribution >= 4 is 5.69 Å². The minimum absolute atomic E-state index is 0.171. The van der Waals surface area contributed by atoms with Gasteiger partial charge >= 0.3 is 0 Å². The number of nitrogen functional groups attached to an aromatic ring is 1. The molecule has 1 aromatic rings. The quantitative estimate of drug-likeness (QED) is 0.431. The average Bonchev–Trinajstić information content (AvgIpc) is 2.37. The number of anilines is 1. The normalized spacial score (nSPS) is 11.2. The van der Waals surface area contributed by atoms with E-state index in [1.807, 2.05) is 0 Å². The molecule has 0 amide bonds. The minimum Gasteiger partial charge on any atom is -0.404 e. The second-order valence-electron chi connectivity index (χ2n) is 3.61. The Hall–Kier alpha value is -2.74. The van der Waals surface area contributed by atoms with Crippen molar-refractivity contribution in [2.75, 3.05) is 5.73 Å². The maximum absolute atomic E-state index is 13.6. The maximum Gasteiger partial charge on any atom is 0.164 e. The summed E-state index contributed by atoms with van der Waals surface area (Å²) in [6, 6.07) is 2.18. The molecule has 0 unspecified atom stereocenters. The second kappa shape index (κ2) is 6.26. The van der Waals surface area contributed by atoms with Crippen LogP contribution in [0.2, 0.25) is 0 Å². The first-order chi connectivity index (χ1) is 8.95. The van der Waals surface area contributed by atoms with Gasteiger partial charge in [0.2, 0.25) is 0 Å². The fraction of sp³-hybridized carbons (Fsp3) is 0. The van der Waals surface area contributed by atoms with Gasteiger partial charge in [-0.25, -0.2) is 8.78 Å². The summed E-state index contributed by atoms with van der Waals surface area (Å²) < 4.78 is 27.0. The van der Waals surface area contributed by atoms with E-state index >= 15 is 0 Å². The molecule has 19 heavy (non-hydrogen) atoms. The Kier molecular flexibility index (Phi) is 4.72. The van der Waals surface area contributed by atoms with Crippen LogP contribution in [0.15, 0.2) is 48.3 Å². The molecular weight excluding hydrogens is 248 g/mol. The molecule has 3 nitrogen and oxygen atoms in total. The zero-order valence-electron chi connectivity index (χ0n) is 10.1. The number of halogens is 2. The topological polar surface area (TPSA) is 78.1 Å². The highest BCUT2D eigenvalue weighted by atomic mass is 19.1. The van der Waals surface area contributed by atoms with Crippen molar-refractivity contribution in [3.8, 4) is 11.8 Å². The van der Waals surface area contributed by atoms with E-state index < -0.39 is 17.2 Å². The van der Waals surface area contributed by atoms with Crippen LogP contribution in [-0.2, 0) is 0 Å². The molecule has 98 valence electrons. The van der Waals surface area contributed by atoms with Gasteiger partial charge in [0.15, 0.2) is 5.82 Å². The lowest BCUT2D eigenvalue weighted by molar-refractivity contribution is 0.580. The lowest BCUT2D eigenvalue weighted by Gasteiger charge is -2.00. The fourth-order valence-electron chi connectivity index (χ4n) is 1.15. The Morgan fingerprint density at radius 1 is 1.26 bits per heavy atom. The molecule has 6 N–H and O–H groups in total. The molecule has 0 saturated heterocycles. The smallest absolute Gasteiger partial charge is 0.164 e. The van der Waals surface area contributed by atoms with E-state index in [2.05, 4.69) is 18.4 Å². The van der Waals surface area contributed by atoms with Crippen LogP contribution in [0.1, 0.15) is 5.56 Å². The average molecular weight is 261 g/mol. The SMILES string of the molecule is C=C(N)/C=C\C(C#Cc1c(F)ccc(N)c1F)=C/N. The van der Waals surface area contributed by atoms with Crippen molar-refractivity contribution < 1.29 is 8.78 Å². The van der Waals surface area contributed by atoms with Crippen LogP contribution in [0.5, 0.6) is 0 Å². The number of hydrogen-bond donors (Lipinski definition) is 3. The largest absolute Gasteiger partial charge is 0.404 e. The van der Waals surface area contributed by atoms with Crippen LogP contribution in [0.25, 0.3) is 0 Å². The van der Waals surface area contributed by atoms with Crippen LogP contribution in [0, 0.1) is 23.5 Å². The molecule has 1 rings (SSSR count). The highest BCUT2D eigenvalue weighted by Gasteiger charge is 2.09. The Labute approximate surface area is 110 Å². The van der Waals surface area contributed by atoms with Gasteiger partial charge in [0.25, 0.3) is 0 Å². The molecule has 0 saturated carbocycles. The highest BCUT2D eigenvalue weighted by molar-refractivity contribution is 5.52. The van der Waals surface area contributed by atoms with Gasteiger partial charge < -0.3 is 17.2 Å². The van der Waals surface area contributed by atoms with E-state index in [1.54, 1.807) is 0 Å². The van der Waals surface area contributed by atoms with Gasteiger partial charge in [-0.15, -0.1) is 0 Å². The van der Waals surface area contributed by atoms with Crippen LogP contribution in [0.3, 0.4) is 0 Å². The molecule has 0 aliphatic rings. The monoisotopic (exact) mass is 261 g/mol. The molecule has 0 aromatic heterocycles. The Morgan fingerprint density at radius 2 is 1.95 bits per heavy atom. The predicted molar refractivity (Wildman–Crippen MR) is 72.4 cm³/mol. The molecule has 0 fully saturated rings.